The molecule has 2 amide bonds. The maximum Gasteiger partial charge on any atom is 0.318 e. The first kappa shape index (κ1) is 18.6. The average molecular weight is 390 g/mol. The number of imidazole rings is 1. The lowest BCUT2D eigenvalue weighted by Gasteiger charge is -2.31. The molecule has 0 radical (unpaired) electrons. The lowest BCUT2D eigenvalue weighted by molar-refractivity contribution is 0.174. The number of fused-ring (bicyclic) bond motifs is 1. The van der Waals surface area contributed by atoms with Crippen LogP contribution in [0.1, 0.15) is 44.5 Å². The van der Waals surface area contributed by atoms with E-state index in [9.17, 15) is 4.79 Å². The Labute approximate surface area is 165 Å². The van der Waals surface area contributed by atoms with E-state index in [1.807, 2.05) is 23.1 Å². The van der Waals surface area contributed by atoms with Crippen LogP contribution in [0.15, 0.2) is 18.2 Å². The number of carbonyl (C=O) groups excluding carboxylic acids is 1. The smallest absolute Gasteiger partial charge is 0.318 e. The summed E-state index contributed by atoms with van der Waals surface area (Å²) in [6, 6.07) is 5.69. The third-order valence-electron chi connectivity index (χ3n) is 5.99. The van der Waals surface area contributed by atoms with Crippen molar-refractivity contribution in [3.05, 3.63) is 29.0 Å². The first-order chi connectivity index (χ1) is 13.1. The van der Waals surface area contributed by atoms with Crippen LogP contribution in [0.4, 0.5) is 4.79 Å². The first-order valence-electron chi connectivity index (χ1n) is 10.1. The number of urea groups is 1. The number of nitrogens with zero attached hydrogens (tertiary/aromatic N) is 3. The number of piperidine rings is 1. The van der Waals surface area contributed by atoms with Crippen LogP contribution in [0.3, 0.4) is 0 Å². The summed E-state index contributed by atoms with van der Waals surface area (Å²) in [6.07, 6.45) is 4.28. The third-order valence-corrected chi connectivity index (χ3v) is 6.22. The van der Waals surface area contributed by atoms with Gasteiger partial charge in [-0.2, -0.15) is 0 Å². The molecule has 2 aliphatic heterocycles. The highest BCUT2D eigenvalue weighted by molar-refractivity contribution is 6.31. The molecule has 7 heteroatoms. The molecule has 1 unspecified atom stereocenters. The Kier molecular flexibility index (Phi) is 5.55. The van der Waals surface area contributed by atoms with Crippen LogP contribution in [-0.4, -0.2) is 58.5 Å². The molecule has 0 bridgehead atoms. The van der Waals surface area contributed by atoms with Gasteiger partial charge in [0.15, 0.2) is 0 Å². The molecule has 1 aromatic carbocycles. The zero-order chi connectivity index (χ0) is 18.8. The third kappa shape index (κ3) is 4.06. The number of hydrogen-bond donors (Lipinski definition) is 2. The summed E-state index contributed by atoms with van der Waals surface area (Å²) in [5.41, 5.74) is 1.82. The van der Waals surface area contributed by atoms with Gasteiger partial charge in [-0.05, 0) is 69.4 Å². The van der Waals surface area contributed by atoms with Crippen molar-refractivity contribution < 1.29 is 4.79 Å². The maximum atomic E-state index is 12.8. The monoisotopic (exact) mass is 389 g/mol. The zero-order valence-corrected chi connectivity index (χ0v) is 16.6. The van der Waals surface area contributed by atoms with Crippen molar-refractivity contribution >= 4 is 28.7 Å². The molecule has 3 heterocycles. The minimum Gasteiger partial charge on any atom is -0.340 e. The van der Waals surface area contributed by atoms with Gasteiger partial charge in [-0.15, -0.1) is 0 Å². The Morgan fingerprint density at radius 1 is 1.30 bits per heavy atom. The number of aromatic nitrogens is 2. The quantitative estimate of drug-likeness (QED) is 0.836. The fourth-order valence-corrected chi connectivity index (χ4v) is 4.47. The Morgan fingerprint density at radius 2 is 2.11 bits per heavy atom. The van der Waals surface area contributed by atoms with Gasteiger partial charge < -0.3 is 20.1 Å². The fourth-order valence-electron chi connectivity index (χ4n) is 4.29. The number of benzene rings is 1. The van der Waals surface area contributed by atoms with Crippen molar-refractivity contribution in [2.75, 3.05) is 32.7 Å². The van der Waals surface area contributed by atoms with E-state index >= 15 is 0 Å². The van der Waals surface area contributed by atoms with Crippen LogP contribution in [0.25, 0.3) is 11.0 Å². The molecule has 0 aliphatic carbocycles. The van der Waals surface area contributed by atoms with Crippen molar-refractivity contribution in [3.8, 4) is 0 Å². The fraction of sp³-hybridized carbons (Fsp3) is 0.600. The molecule has 2 saturated heterocycles. The molecule has 2 fully saturated rings. The number of nitrogens with one attached hydrogen (secondary N) is 2. The van der Waals surface area contributed by atoms with E-state index in [1.54, 1.807) is 0 Å². The van der Waals surface area contributed by atoms with Crippen molar-refractivity contribution in [2.24, 2.45) is 5.92 Å². The Hall–Kier alpha value is -1.79. The number of H-pyrrole nitrogens is 1. The summed E-state index contributed by atoms with van der Waals surface area (Å²) < 4.78 is 0. The molecule has 1 aromatic heterocycles. The second kappa shape index (κ2) is 8.07. The van der Waals surface area contributed by atoms with Gasteiger partial charge in [0.1, 0.15) is 5.82 Å². The van der Waals surface area contributed by atoms with Crippen LogP contribution in [0.5, 0.6) is 0 Å². The number of aromatic amines is 1. The summed E-state index contributed by atoms with van der Waals surface area (Å²) in [7, 11) is 0. The summed E-state index contributed by atoms with van der Waals surface area (Å²) >= 11 is 6.07. The van der Waals surface area contributed by atoms with E-state index in [0.29, 0.717) is 10.9 Å². The van der Waals surface area contributed by atoms with Crippen LogP contribution in [0, 0.1) is 5.92 Å². The van der Waals surface area contributed by atoms with Crippen LogP contribution >= 0.6 is 11.6 Å². The number of halogens is 1. The molecule has 2 aliphatic rings. The maximum absolute atomic E-state index is 12.8. The van der Waals surface area contributed by atoms with Crippen molar-refractivity contribution in [3.63, 3.8) is 0 Å². The summed E-state index contributed by atoms with van der Waals surface area (Å²) in [4.78, 5) is 25.3. The van der Waals surface area contributed by atoms with E-state index in [-0.39, 0.29) is 12.1 Å². The van der Waals surface area contributed by atoms with Gasteiger partial charge in [0.05, 0.1) is 17.1 Å². The second-order valence-corrected chi connectivity index (χ2v) is 8.14. The Balaban J connectivity index is 1.38. The van der Waals surface area contributed by atoms with E-state index in [4.69, 9.17) is 16.6 Å². The number of hydrogen-bond acceptors (Lipinski definition) is 3. The normalized spacial score (nSPS) is 21.9. The van der Waals surface area contributed by atoms with Crippen molar-refractivity contribution in [1.82, 2.24) is 25.1 Å². The largest absolute Gasteiger partial charge is 0.340 e. The van der Waals surface area contributed by atoms with Crippen molar-refractivity contribution in [2.45, 2.75) is 38.6 Å². The molecule has 27 heavy (non-hydrogen) atoms. The molecule has 2 aromatic rings. The van der Waals surface area contributed by atoms with Crippen LogP contribution in [-0.2, 0) is 0 Å². The lowest BCUT2D eigenvalue weighted by Crippen LogP contribution is -2.43. The van der Waals surface area contributed by atoms with Crippen LogP contribution in [0.2, 0.25) is 5.02 Å². The van der Waals surface area contributed by atoms with E-state index in [2.05, 4.69) is 22.1 Å². The predicted molar refractivity (Wildman–Crippen MR) is 108 cm³/mol. The van der Waals surface area contributed by atoms with Gasteiger partial charge in [0.2, 0.25) is 0 Å². The highest BCUT2D eigenvalue weighted by atomic mass is 35.5. The molecule has 6 nitrogen and oxygen atoms in total. The average Bonchev–Trinajstić information content (AvgIpc) is 3.32. The van der Waals surface area contributed by atoms with Crippen LogP contribution < -0.4 is 5.32 Å². The molecular weight excluding hydrogens is 362 g/mol. The van der Waals surface area contributed by atoms with Gasteiger partial charge in [0.25, 0.3) is 0 Å². The summed E-state index contributed by atoms with van der Waals surface area (Å²) in [5, 5.41) is 3.86. The number of amides is 2. The first-order valence-corrected chi connectivity index (χ1v) is 10.4. The Morgan fingerprint density at radius 3 is 2.89 bits per heavy atom. The zero-order valence-electron chi connectivity index (χ0n) is 15.9. The topological polar surface area (TPSA) is 64.3 Å². The van der Waals surface area contributed by atoms with Crippen molar-refractivity contribution in [1.29, 1.82) is 0 Å². The number of carbonyl (C=O) groups is 1. The standard InChI is InChI=1S/C20H28ClN5O/c1-2-25-10-7-14(8-11-25)13-22-20(27)26-9-3-4-18(26)19-23-16-6-5-15(21)12-17(16)24-19/h5-6,12,14,18H,2-4,7-11,13H2,1H3,(H,22,27)(H,23,24). The number of likely N-dealkylation sites (tertiary alicyclic amines) is 2. The molecule has 0 spiro atoms. The summed E-state index contributed by atoms with van der Waals surface area (Å²) in [5.74, 6) is 1.45. The minimum atomic E-state index is 0.0121. The van der Waals surface area contributed by atoms with Gasteiger partial charge in [-0.3, -0.25) is 0 Å². The summed E-state index contributed by atoms with van der Waals surface area (Å²) in [6.45, 7) is 7.17. The van der Waals surface area contributed by atoms with Gasteiger partial charge in [0, 0.05) is 18.1 Å². The predicted octanol–water partition coefficient (Wildman–Crippen LogP) is 3.79. The molecule has 4 rings (SSSR count). The molecule has 0 saturated carbocycles. The molecule has 2 N–H and O–H groups in total. The second-order valence-electron chi connectivity index (χ2n) is 7.70. The Bertz CT molecular complexity index is 799. The van der Waals surface area contributed by atoms with E-state index in [0.717, 1.165) is 62.4 Å². The van der Waals surface area contributed by atoms with Gasteiger partial charge >= 0.3 is 6.03 Å². The minimum absolute atomic E-state index is 0.0121. The molecular formula is C20H28ClN5O. The van der Waals surface area contributed by atoms with E-state index in [1.165, 1.54) is 12.8 Å². The van der Waals surface area contributed by atoms with Gasteiger partial charge in [-0.25, -0.2) is 9.78 Å². The highest BCUT2D eigenvalue weighted by Crippen LogP contribution is 2.32. The highest BCUT2D eigenvalue weighted by Gasteiger charge is 2.32. The lowest BCUT2D eigenvalue weighted by atomic mass is 9.97. The molecule has 146 valence electrons. The SMILES string of the molecule is CCN1CCC(CNC(=O)N2CCCC2c2nc3ccc(Cl)cc3[nH]2)CC1. The van der Waals surface area contributed by atoms with Gasteiger partial charge in [-0.1, -0.05) is 18.5 Å². The number of rotatable bonds is 4. The molecule has 1 atom stereocenters. The van der Waals surface area contributed by atoms with E-state index < -0.39 is 0 Å².